The number of pyridine rings is 1. The molecule has 0 spiro atoms. The van der Waals surface area contributed by atoms with Gasteiger partial charge in [0.15, 0.2) is 0 Å². The number of aromatic nitrogens is 3. The van der Waals surface area contributed by atoms with Crippen LogP contribution in [-0.2, 0) is 0 Å². The molecule has 2 N–H and O–H groups in total. The maximum absolute atomic E-state index is 4.65. The van der Waals surface area contributed by atoms with Crippen molar-refractivity contribution in [1.29, 1.82) is 0 Å². The van der Waals surface area contributed by atoms with Crippen LogP contribution in [0.3, 0.4) is 0 Å². The smallest absolute Gasteiger partial charge is 0.138 e. The van der Waals surface area contributed by atoms with Gasteiger partial charge in [-0.25, -0.2) is 4.98 Å². The lowest BCUT2D eigenvalue weighted by Crippen LogP contribution is -2.07. The van der Waals surface area contributed by atoms with Gasteiger partial charge >= 0.3 is 0 Å². The molecule has 3 heterocycles. The molecule has 1 saturated heterocycles. The Morgan fingerprint density at radius 1 is 1.10 bits per heavy atom. The van der Waals surface area contributed by atoms with Gasteiger partial charge in [0.1, 0.15) is 5.82 Å². The second-order valence-electron chi connectivity index (χ2n) is 5.29. The van der Waals surface area contributed by atoms with Crippen molar-refractivity contribution in [3.8, 4) is 11.4 Å². The molecular weight excluding hydrogens is 248 g/mol. The van der Waals surface area contributed by atoms with Crippen LogP contribution in [0.4, 0.5) is 0 Å². The molecule has 4 nitrogen and oxygen atoms in total. The molecule has 1 aliphatic rings. The van der Waals surface area contributed by atoms with E-state index in [-0.39, 0.29) is 0 Å². The van der Waals surface area contributed by atoms with E-state index in [4.69, 9.17) is 0 Å². The molecule has 20 heavy (non-hydrogen) atoms. The van der Waals surface area contributed by atoms with Crippen LogP contribution in [0.15, 0.2) is 42.7 Å². The molecule has 0 aliphatic carbocycles. The number of imidazole rings is 1. The van der Waals surface area contributed by atoms with E-state index in [1.54, 1.807) is 12.4 Å². The first kappa shape index (κ1) is 11.6. The van der Waals surface area contributed by atoms with Gasteiger partial charge in [0, 0.05) is 24.5 Å². The van der Waals surface area contributed by atoms with Crippen molar-refractivity contribution in [1.82, 2.24) is 20.3 Å². The Labute approximate surface area is 117 Å². The van der Waals surface area contributed by atoms with Crippen molar-refractivity contribution in [2.24, 2.45) is 0 Å². The predicted molar refractivity (Wildman–Crippen MR) is 79.6 cm³/mol. The van der Waals surface area contributed by atoms with Gasteiger partial charge in [-0.3, -0.25) is 4.98 Å². The third kappa shape index (κ3) is 1.98. The van der Waals surface area contributed by atoms with Crippen LogP contribution in [0.25, 0.3) is 22.4 Å². The summed E-state index contributed by atoms with van der Waals surface area (Å²) in [5.41, 5.74) is 4.60. The number of H-pyrrole nitrogens is 1. The summed E-state index contributed by atoms with van der Waals surface area (Å²) in [6, 6.07) is 10.5. The van der Waals surface area contributed by atoms with E-state index in [1.165, 1.54) is 12.0 Å². The summed E-state index contributed by atoms with van der Waals surface area (Å²) in [4.78, 5) is 12.1. The number of rotatable bonds is 2. The minimum Gasteiger partial charge on any atom is -0.338 e. The van der Waals surface area contributed by atoms with Crippen molar-refractivity contribution in [2.45, 2.75) is 12.3 Å². The summed E-state index contributed by atoms with van der Waals surface area (Å²) in [5.74, 6) is 1.54. The third-order valence-corrected chi connectivity index (χ3v) is 3.99. The Balaban J connectivity index is 1.76. The van der Waals surface area contributed by atoms with Gasteiger partial charge in [-0.05, 0) is 48.7 Å². The number of aromatic amines is 1. The highest BCUT2D eigenvalue weighted by Gasteiger charge is 2.17. The molecule has 1 unspecified atom stereocenters. The Kier molecular flexibility index (Phi) is 2.74. The lowest BCUT2D eigenvalue weighted by Gasteiger charge is -2.07. The zero-order valence-corrected chi connectivity index (χ0v) is 11.1. The second-order valence-corrected chi connectivity index (χ2v) is 5.29. The highest BCUT2D eigenvalue weighted by molar-refractivity contribution is 5.80. The molecule has 1 aromatic carbocycles. The fraction of sp³-hybridized carbons (Fsp3) is 0.250. The Morgan fingerprint density at radius 3 is 2.80 bits per heavy atom. The van der Waals surface area contributed by atoms with Crippen molar-refractivity contribution in [2.75, 3.05) is 13.1 Å². The molecule has 1 atom stereocenters. The molecule has 1 fully saturated rings. The van der Waals surface area contributed by atoms with E-state index >= 15 is 0 Å². The molecule has 0 amide bonds. The van der Waals surface area contributed by atoms with E-state index in [0.717, 1.165) is 35.5 Å². The van der Waals surface area contributed by atoms with Gasteiger partial charge in [-0.15, -0.1) is 0 Å². The van der Waals surface area contributed by atoms with Crippen LogP contribution in [0.2, 0.25) is 0 Å². The molecule has 1 aliphatic heterocycles. The van der Waals surface area contributed by atoms with Crippen molar-refractivity contribution in [3.05, 3.63) is 48.3 Å². The first-order valence-electron chi connectivity index (χ1n) is 7.01. The number of nitrogens with zero attached hydrogens (tertiary/aromatic N) is 2. The molecule has 0 radical (unpaired) electrons. The van der Waals surface area contributed by atoms with Crippen LogP contribution in [0, 0.1) is 0 Å². The summed E-state index contributed by atoms with van der Waals surface area (Å²) in [7, 11) is 0. The lowest BCUT2D eigenvalue weighted by atomic mass is 9.98. The molecule has 2 aromatic heterocycles. The first-order valence-corrected chi connectivity index (χ1v) is 7.01. The van der Waals surface area contributed by atoms with E-state index in [0.29, 0.717) is 5.92 Å². The van der Waals surface area contributed by atoms with Gasteiger partial charge in [0.05, 0.1) is 11.0 Å². The normalized spacial score (nSPS) is 18.7. The maximum Gasteiger partial charge on any atom is 0.138 e. The van der Waals surface area contributed by atoms with Gasteiger partial charge in [0.2, 0.25) is 0 Å². The first-order chi connectivity index (χ1) is 9.90. The largest absolute Gasteiger partial charge is 0.338 e. The minimum atomic E-state index is 0.632. The quantitative estimate of drug-likeness (QED) is 0.748. The van der Waals surface area contributed by atoms with Crippen molar-refractivity contribution < 1.29 is 0 Å². The number of benzene rings is 1. The fourth-order valence-electron chi connectivity index (χ4n) is 2.87. The highest BCUT2D eigenvalue weighted by atomic mass is 14.9. The molecular formula is C16H16N4. The van der Waals surface area contributed by atoms with Gasteiger partial charge < -0.3 is 10.3 Å². The van der Waals surface area contributed by atoms with E-state index in [2.05, 4.69) is 38.5 Å². The van der Waals surface area contributed by atoms with Crippen molar-refractivity contribution in [3.63, 3.8) is 0 Å². The number of hydrogen-bond donors (Lipinski definition) is 2. The average Bonchev–Trinajstić information content (AvgIpc) is 3.16. The lowest BCUT2D eigenvalue weighted by molar-refractivity contribution is 0.764. The van der Waals surface area contributed by atoms with E-state index in [9.17, 15) is 0 Å². The van der Waals surface area contributed by atoms with Crippen LogP contribution < -0.4 is 5.32 Å². The molecule has 3 aromatic rings. The third-order valence-electron chi connectivity index (χ3n) is 3.99. The molecule has 0 saturated carbocycles. The molecule has 0 bridgehead atoms. The van der Waals surface area contributed by atoms with Crippen LogP contribution in [0.5, 0.6) is 0 Å². The van der Waals surface area contributed by atoms with Gasteiger partial charge in [-0.2, -0.15) is 0 Å². The number of fused-ring (bicyclic) bond motifs is 1. The van der Waals surface area contributed by atoms with Crippen LogP contribution in [0.1, 0.15) is 17.9 Å². The summed E-state index contributed by atoms with van der Waals surface area (Å²) in [6.07, 6.45) is 4.80. The second kappa shape index (κ2) is 4.72. The summed E-state index contributed by atoms with van der Waals surface area (Å²) < 4.78 is 0. The maximum atomic E-state index is 4.65. The monoisotopic (exact) mass is 264 g/mol. The van der Waals surface area contributed by atoms with Gasteiger partial charge in [0.25, 0.3) is 0 Å². The minimum absolute atomic E-state index is 0.632. The zero-order chi connectivity index (χ0) is 13.4. The summed E-state index contributed by atoms with van der Waals surface area (Å²) in [6.45, 7) is 2.20. The van der Waals surface area contributed by atoms with Gasteiger partial charge in [-0.1, -0.05) is 6.07 Å². The SMILES string of the molecule is c1cc(-c2nc3ccc(C4CCNC4)cc3[nH]2)ccn1. The highest BCUT2D eigenvalue weighted by Crippen LogP contribution is 2.26. The van der Waals surface area contributed by atoms with Crippen LogP contribution in [-0.4, -0.2) is 28.0 Å². The molecule has 4 heteroatoms. The molecule has 100 valence electrons. The standard InChI is InChI=1S/C16H16N4/c1-2-14-15(9-12(1)13-5-8-18-10-13)20-16(19-14)11-3-6-17-7-4-11/h1-4,6-7,9,13,18H,5,8,10H2,(H,19,20). The van der Waals surface area contributed by atoms with Crippen LogP contribution >= 0.6 is 0 Å². The fourth-order valence-corrected chi connectivity index (χ4v) is 2.87. The van der Waals surface area contributed by atoms with E-state index < -0.39 is 0 Å². The summed E-state index contributed by atoms with van der Waals surface area (Å²) >= 11 is 0. The Hall–Kier alpha value is -2.20. The number of hydrogen-bond acceptors (Lipinski definition) is 3. The average molecular weight is 264 g/mol. The zero-order valence-electron chi connectivity index (χ0n) is 11.1. The number of nitrogens with one attached hydrogen (secondary N) is 2. The summed E-state index contributed by atoms with van der Waals surface area (Å²) in [5, 5.41) is 3.42. The Morgan fingerprint density at radius 2 is 2.00 bits per heavy atom. The Bertz CT molecular complexity index is 727. The van der Waals surface area contributed by atoms with Crippen molar-refractivity contribution >= 4 is 11.0 Å². The molecule has 4 rings (SSSR count). The van der Waals surface area contributed by atoms with E-state index in [1.807, 2.05) is 12.1 Å². The predicted octanol–water partition coefficient (Wildman–Crippen LogP) is 2.70. The topological polar surface area (TPSA) is 53.6 Å².